The standard InChI is InChI=1S/C20H23N3O2/c1-4-18(15-7-10-21-11-8-15)22(3)20(25)17-5-6-19-16(13-17)9-12-23(19)14(2)24/h5-8,10-11,13,18H,4,9,12H2,1-3H3. The van der Waals surface area contributed by atoms with Gasteiger partial charge in [0.15, 0.2) is 0 Å². The topological polar surface area (TPSA) is 53.5 Å². The Morgan fingerprint density at radius 1 is 1.24 bits per heavy atom. The van der Waals surface area contributed by atoms with Crippen LogP contribution in [0.5, 0.6) is 0 Å². The Bertz CT molecular complexity index is 789. The minimum Gasteiger partial charge on any atom is -0.335 e. The zero-order chi connectivity index (χ0) is 18.0. The van der Waals surface area contributed by atoms with Gasteiger partial charge >= 0.3 is 0 Å². The second-order valence-corrected chi connectivity index (χ2v) is 6.38. The maximum absolute atomic E-state index is 13.0. The molecule has 2 heterocycles. The summed E-state index contributed by atoms with van der Waals surface area (Å²) in [5, 5.41) is 0. The van der Waals surface area contributed by atoms with Gasteiger partial charge in [0.1, 0.15) is 0 Å². The van der Waals surface area contributed by atoms with E-state index in [0.29, 0.717) is 12.1 Å². The fourth-order valence-corrected chi connectivity index (χ4v) is 3.53. The second-order valence-electron chi connectivity index (χ2n) is 6.38. The third-order valence-electron chi connectivity index (χ3n) is 4.87. The highest BCUT2D eigenvalue weighted by molar-refractivity contribution is 5.98. The van der Waals surface area contributed by atoms with Crippen molar-refractivity contribution in [2.24, 2.45) is 0 Å². The Hall–Kier alpha value is -2.69. The average Bonchev–Trinajstić information content (AvgIpc) is 3.06. The van der Waals surface area contributed by atoms with Gasteiger partial charge in [-0.05, 0) is 54.3 Å². The minimum absolute atomic E-state index is 0.00672. The zero-order valence-electron chi connectivity index (χ0n) is 14.9. The van der Waals surface area contributed by atoms with Crippen LogP contribution in [0.4, 0.5) is 5.69 Å². The monoisotopic (exact) mass is 337 g/mol. The van der Waals surface area contributed by atoms with Gasteiger partial charge in [0, 0.05) is 44.2 Å². The predicted octanol–water partition coefficient (Wildman–Crippen LogP) is 3.21. The van der Waals surface area contributed by atoms with Crippen LogP contribution in [0, 0.1) is 0 Å². The number of amides is 2. The molecule has 0 radical (unpaired) electrons. The van der Waals surface area contributed by atoms with Gasteiger partial charge in [0.05, 0.1) is 6.04 Å². The first kappa shape index (κ1) is 17.1. The molecule has 5 nitrogen and oxygen atoms in total. The van der Waals surface area contributed by atoms with Crippen molar-refractivity contribution in [3.8, 4) is 0 Å². The molecule has 1 atom stereocenters. The van der Waals surface area contributed by atoms with Crippen LogP contribution in [-0.4, -0.2) is 35.3 Å². The minimum atomic E-state index is -0.00672. The van der Waals surface area contributed by atoms with E-state index in [0.717, 1.165) is 29.7 Å². The largest absolute Gasteiger partial charge is 0.335 e. The van der Waals surface area contributed by atoms with Crippen LogP contribution in [0.15, 0.2) is 42.7 Å². The third-order valence-corrected chi connectivity index (χ3v) is 4.87. The SMILES string of the molecule is CCC(c1ccncc1)N(C)C(=O)c1ccc2c(c1)CCN2C(C)=O. The average molecular weight is 337 g/mol. The van der Waals surface area contributed by atoms with Crippen molar-refractivity contribution in [1.29, 1.82) is 0 Å². The van der Waals surface area contributed by atoms with Crippen molar-refractivity contribution in [3.05, 3.63) is 59.4 Å². The molecule has 0 fully saturated rings. The molecule has 3 rings (SSSR count). The summed E-state index contributed by atoms with van der Waals surface area (Å²) in [6.07, 6.45) is 5.13. The molecule has 0 spiro atoms. The number of carbonyl (C=O) groups is 2. The number of hydrogen-bond acceptors (Lipinski definition) is 3. The van der Waals surface area contributed by atoms with Crippen molar-refractivity contribution < 1.29 is 9.59 Å². The van der Waals surface area contributed by atoms with Crippen molar-refractivity contribution in [1.82, 2.24) is 9.88 Å². The molecule has 1 aromatic heterocycles. The van der Waals surface area contributed by atoms with Gasteiger partial charge in [-0.2, -0.15) is 0 Å². The molecule has 0 saturated heterocycles. The Balaban J connectivity index is 1.85. The Kier molecular flexibility index (Phi) is 4.83. The molecule has 1 unspecified atom stereocenters. The first-order valence-corrected chi connectivity index (χ1v) is 8.61. The van der Waals surface area contributed by atoms with Crippen LogP contribution in [0.2, 0.25) is 0 Å². The highest BCUT2D eigenvalue weighted by Gasteiger charge is 2.25. The van der Waals surface area contributed by atoms with Gasteiger partial charge in [0.25, 0.3) is 5.91 Å². The van der Waals surface area contributed by atoms with Crippen LogP contribution in [0.25, 0.3) is 0 Å². The lowest BCUT2D eigenvalue weighted by molar-refractivity contribution is -0.116. The van der Waals surface area contributed by atoms with Gasteiger partial charge in [-0.1, -0.05) is 6.92 Å². The summed E-state index contributed by atoms with van der Waals surface area (Å²) in [6.45, 7) is 4.33. The summed E-state index contributed by atoms with van der Waals surface area (Å²) in [5.41, 5.74) is 3.73. The quantitative estimate of drug-likeness (QED) is 0.861. The van der Waals surface area contributed by atoms with Gasteiger partial charge in [-0.15, -0.1) is 0 Å². The highest BCUT2D eigenvalue weighted by Crippen LogP contribution is 2.30. The van der Waals surface area contributed by atoms with E-state index < -0.39 is 0 Å². The molecule has 0 N–H and O–H groups in total. The van der Waals surface area contributed by atoms with E-state index in [1.807, 2.05) is 37.4 Å². The summed E-state index contributed by atoms with van der Waals surface area (Å²) >= 11 is 0. The summed E-state index contributed by atoms with van der Waals surface area (Å²) in [4.78, 5) is 32.2. The molecule has 0 saturated carbocycles. The van der Waals surface area contributed by atoms with E-state index in [2.05, 4.69) is 11.9 Å². The number of nitrogens with zero attached hydrogens (tertiary/aromatic N) is 3. The van der Waals surface area contributed by atoms with E-state index >= 15 is 0 Å². The molecule has 25 heavy (non-hydrogen) atoms. The Morgan fingerprint density at radius 2 is 1.96 bits per heavy atom. The normalized spacial score (nSPS) is 14.1. The number of benzene rings is 1. The Labute approximate surface area is 148 Å². The number of carbonyl (C=O) groups excluding carboxylic acids is 2. The molecule has 130 valence electrons. The third kappa shape index (κ3) is 3.27. The first-order valence-electron chi connectivity index (χ1n) is 8.61. The van der Waals surface area contributed by atoms with Crippen LogP contribution >= 0.6 is 0 Å². The molecule has 2 amide bonds. The van der Waals surface area contributed by atoms with Crippen molar-refractivity contribution in [3.63, 3.8) is 0 Å². The zero-order valence-corrected chi connectivity index (χ0v) is 14.9. The lowest BCUT2D eigenvalue weighted by Crippen LogP contribution is -2.31. The molecule has 0 bridgehead atoms. The first-order chi connectivity index (χ1) is 12.0. The summed E-state index contributed by atoms with van der Waals surface area (Å²) in [6, 6.07) is 9.54. The molecule has 1 aromatic carbocycles. The summed E-state index contributed by atoms with van der Waals surface area (Å²) in [7, 11) is 1.84. The smallest absolute Gasteiger partial charge is 0.254 e. The van der Waals surface area contributed by atoms with Gasteiger partial charge in [-0.3, -0.25) is 14.6 Å². The number of pyridine rings is 1. The van der Waals surface area contributed by atoms with Crippen LogP contribution in [0.3, 0.4) is 0 Å². The van der Waals surface area contributed by atoms with Crippen molar-refractivity contribution in [2.75, 3.05) is 18.5 Å². The molecular weight excluding hydrogens is 314 g/mol. The van der Waals surface area contributed by atoms with E-state index in [1.54, 1.807) is 29.1 Å². The predicted molar refractivity (Wildman–Crippen MR) is 97.5 cm³/mol. The lowest BCUT2D eigenvalue weighted by atomic mass is 10.0. The van der Waals surface area contributed by atoms with Crippen molar-refractivity contribution >= 4 is 17.5 Å². The molecule has 2 aromatic rings. The van der Waals surface area contributed by atoms with Gasteiger partial charge in [0.2, 0.25) is 5.91 Å². The van der Waals surface area contributed by atoms with Crippen LogP contribution < -0.4 is 4.90 Å². The Morgan fingerprint density at radius 3 is 2.60 bits per heavy atom. The van der Waals surface area contributed by atoms with Crippen molar-refractivity contribution in [2.45, 2.75) is 32.7 Å². The van der Waals surface area contributed by atoms with Crippen LogP contribution in [0.1, 0.15) is 47.8 Å². The van der Waals surface area contributed by atoms with Crippen LogP contribution in [-0.2, 0) is 11.2 Å². The molecule has 5 heteroatoms. The maximum Gasteiger partial charge on any atom is 0.254 e. The molecule has 0 aliphatic carbocycles. The second kappa shape index (κ2) is 7.05. The summed E-state index contributed by atoms with van der Waals surface area (Å²) < 4.78 is 0. The fraction of sp³-hybridized carbons (Fsp3) is 0.350. The fourth-order valence-electron chi connectivity index (χ4n) is 3.53. The van der Waals surface area contributed by atoms with E-state index in [-0.39, 0.29) is 17.9 Å². The number of rotatable bonds is 4. The maximum atomic E-state index is 13.0. The van der Waals surface area contributed by atoms with Gasteiger partial charge in [-0.25, -0.2) is 0 Å². The lowest BCUT2D eigenvalue weighted by Gasteiger charge is -2.28. The number of fused-ring (bicyclic) bond motifs is 1. The number of anilines is 1. The highest BCUT2D eigenvalue weighted by atomic mass is 16.2. The van der Waals surface area contributed by atoms with E-state index in [1.165, 1.54) is 0 Å². The molecule has 1 aliphatic heterocycles. The molecule has 1 aliphatic rings. The number of aromatic nitrogens is 1. The molecular formula is C20H23N3O2. The van der Waals surface area contributed by atoms with E-state index in [4.69, 9.17) is 0 Å². The summed E-state index contributed by atoms with van der Waals surface area (Å²) in [5.74, 6) is 0.0337. The number of hydrogen-bond donors (Lipinski definition) is 0. The van der Waals surface area contributed by atoms with E-state index in [9.17, 15) is 9.59 Å². The van der Waals surface area contributed by atoms with Gasteiger partial charge < -0.3 is 9.80 Å².